The van der Waals surface area contributed by atoms with Crippen LogP contribution in [0.4, 0.5) is 0 Å². The van der Waals surface area contributed by atoms with Crippen LogP contribution in [0, 0.1) is 12.3 Å². The first-order chi connectivity index (χ1) is 13.3. The molecule has 2 heteroatoms. The van der Waals surface area contributed by atoms with E-state index in [1.165, 1.54) is 62.5 Å². The van der Waals surface area contributed by atoms with Crippen LogP contribution in [0.15, 0.2) is 42.6 Å². The molecule has 3 rings (SSSR count). The molecule has 145 valence electrons. The molecule has 0 bridgehead atoms. The summed E-state index contributed by atoms with van der Waals surface area (Å²) < 4.78 is 6.05. The molecule has 1 saturated carbocycles. The lowest BCUT2D eigenvalue weighted by atomic mass is 9.90. The third-order valence-corrected chi connectivity index (χ3v) is 5.78. The minimum Gasteiger partial charge on any atom is -0.493 e. The first kappa shape index (κ1) is 19.9. The summed E-state index contributed by atoms with van der Waals surface area (Å²) in [6, 6.07) is 12.8. The van der Waals surface area contributed by atoms with Gasteiger partial charge in [0.1, 0.15) is 5.75 Å². The van der Waals surface area contributed by atoms with E-state index in [9.17, 15) is 0 Å². The van der Waals surface area contributed by atoms with Crippen molar-refractivity contribution < 1.29 is 4.74 Å². The van der Waals surface area contributed by atoms with Gasteiger partial charge < -0.3 is 4.74 Å². The summed E-state index contributed by atoms with van der Waals surface area (Å²) >= 11 is 0. The largest absolute Gasteiger partial charge is 0.493 e. The summed E-state index contributed by atoms with van der Waals surface area (Å²) in [4.78, 5) is 4.70. The molecule has 27 heavy (non-hydrogen) atoms. The summed E-state index contributed by atoms with van der Waals surface area (Å²) in [5, 5.41) is 0. The van der Waals surface area contributed by atoms with E-state index in [-0.39, 0.29) is 0 Å². The van der Waals surface area contributed by atoms with Gasteiger partial charge in [0.25, 0.3) is 0 Å². The molecule has 0 N–H and O–H groups in total. The van der Waals surface area contributed by atoms with Crippen LogP contribution in [0.1, 0.15) is 76.7 Å². The van der Waals surface area contributed by atoms with Gasteiger partial charge in [0.15, 0.2) is 0 Å². The number of benzene rings is 1. The maximum absolute atomic E-state index is 6.05. The monoisotopic (exact) mass is 364 g/mol. The Labute approximate surface area is 165 Å². The van der Waals surface area contributed by atoms with Gasteiger partial charge in [-0.1, -0.05) is 39.2 Å². The first-order valence-corrected chi connectivity index (χ1v) is 10.8. The van der Waals surface area contributed by atoms with Gasteiger partial charge in [-0.2, -0.15) is 0 Å². The van der Waals surface area contributed by atoms with Crippen molar-refractivity contribution in [2.24, 2.45) is 5.92 Å². The lowest BCUT2D eigenvalue weighted by Crippen LogP contribution is -2.15. The Balaban J connectivity index is 1.64. The van der Waals surface area contributed by atoms with Gasteiger partial charge in [-0.15, -0.1) is 0 Å². The van der Waals surface area contributed by atoms with Crippen molar-refractivity contribution in [1.82, 2.24) is 4.98 Å². The van der Waals surface area contributed by atoms with Gasteiger partial charge in [0.05, 0.1) is 12.3 Å². The zero-order valence-corrected chi connectivity index (χ0v) is 17.0. The lowest BCUT2D eigenvalue weighted by molar-refractivity contribution is 0.221. The molecule has 1 aromatic heterocycles. The van der Waals surface area contributed by atoms with Gasteiger partial charge in [0, 0.05) is 11.8 Å². The highest BCUT2D eigenvalue weighted by Gasteiger charge is 2.15. The number of rotatable bonds is 9. The van der Waals surface area contributed by atoms with Gasteiger partial charge >= 0.3 is 0 Å². The van der Waals surface area contributed by atoms with Crippen molar-refractivity contribution >= 4 is 0 Å². The number of nitrogens with zero attached hydrogens (tertiary/aromatic N) is 1. The van der Waals surface area contributed by atoms with Gasteiger partial charge in [-0.3, -0.25) is 4.98 Å². The molecule has 1 heterocycles. The highest BCUT2D eigenvalue weighted by Crippen LogP contribution is 2.31. The molecule has 1 atom stereocenters. The minimum atomic E-state index is 0.541. The van der Waals surface area contributed by atoms with E-state index in [0.717, 1.165) is 18.1 Å². The normalized spacial score (nSPS) is 16.2. The van der Waals surface area contributed by atoms with Crippen molar-refractivity contribution in [3.05, 3.63) is 54.6 Å². The van der Waals surface area contributed by atoms with Crippen molar-refractivity contribution in [2.45, 2.75) is 71.1 Å². The van der Waals surface area contributed by atoms with E-state index in [1.807, 2.05) is 6.20 Å². The number of hydrogen-bond donors (Lipinski definition) is 0. The average molecular weight is 365 g/mol. The molecule has 0 amide bonds. The standard InChI is InChI=1S/C25H34NO/c1-3-4-6-10-20(2)24-13-9-18-26-25(24)22-14-16-23(17-15-22)27-19-21-11-7-5-8-12-21/h5,9,13-18,20-21H,3-4,6-8,10-12,19H2,1-2H3. The van der Waals surface area contributed by atoms with Crippen LogP contribution < -0.4 is 4.74 Å². The molecule has 1 aliphatic rings. The fourth-order valence-electron chi connectivity index (χ4n) is 4.00. The predicted molar refractivity (Wildman–Crippen MR) is 114 cm³/mol. The van der Waals surface area contributed by atoms with Crippen molar-refractivity contribution in [2.75, 3.05) is 6.61 Å². The van der Waals surface area contributed by atoms with E-state index in [2.05, 4.69) is 56.7 Å². The zero-order valence-electron chi connectivity index (χ0n) is 17.0. The molecule has 1 fully saturated rings. The SMILES string of the molecule is CCCCCC(C)c1cccnc1-c1ccc(OCC2CC[CH]CC2)cc1. The number of hydrogen-bond acceptors (Lipinski definition) is 2. The van der Waals surface area contributed by atoms with E-state index in [0.29, 0.717) is 11.8 Å². The van der Waals surface area contributed by atoms with Crippen molar-refractivity contribution in [3.8, 4) is 17.0 Å². The molecule has 0 aliphatic heterocycles. The molecule has 0 saturated heterocycles. The van der Waals surface area contributed by atoms with Crippen LogP contribution in [0.5, 0.6) is 5.75 Å². The van der Waals surface area contributed by atoms with E-state index >= 15 is 0 Å². The van der Waals surface area contributed by atoms with E-state index in [4.69, 9.17) is 9.72 Å². The Bertz CT molecular complexity index is 673. The molecule has 1 aliphatic carbocycles. The van der Waals surface area contributed by atoms with Crippen LogP contribution in [0.3, 0.4) is 0 Å². The maximum atomic E-state index is 6.05. The number of ether oxygens (including phenoxy) is 1. The third kappa shape index (κ3) is 5.82. The minimum absolute atomic E-state index is 0.541. The Morgan fingerprint density at radius 2 is 1.85 bits per heavy atom. The Morgan fingerprint density at radius 1 is 1.07 bits per heavy atom. The molecule has 1 radical (unpaired) electrons. The molecule has 2 nitrogen and oxygen atoms in total. The van der Waals surface area contributed by atoms with Crippen LogP contribution in [-0.4, -0.2) is 11.6 Å². The number of pyridine rings is 1. The van der Waals surface area contributed by atoms with Crippen LogP contribution >= 0.6 is 0 Å². The summed E-state index contributed by atoms with van der Waals surface area (Å²) in [7, 11) is 0. The van der Waals surface area contributed by atoms with Crippen molar-refractivity contribution in [3.63, 3.8) is 0 Å². The summed E-state index contributed by atoms with van der Waals surface area (Å²) in [5.74, 6) is 2.22. The third-order valence-electron chi connectivity index (χ3n) is 5.78. The highest BCUT2D eigenvalue weighted by atomic mass is 16.5. The zero-order chi connectivity index (χ0) is 18.9. The molecule has 1 aromatic carbocycles. The molecule has 2 aromatic rings. The molecular formula is C25H34NO. The summed E-state index contributed by atoms with van der Waals surface area (Å²) in [6.45, 7) is 5.43. The van der Waals surface area contributed by atoms with Gasteiger partial charge in [-0.05, 0) is 86.3 Å². The van der Waals surface area contributed by atoms with Gasteiger partial charge in [0.2, 0.25) is 0 Å². The van der Waals surface area contributed by atoms with Crippen molar-refractivity contribution in [1.29, 1.82) is 0 Å². The number of unbranched alkanes of at least 4 members (excludes halogenated alkanes) is 2. The summed E-state index contributed by atoms with van der Waals surface area (Å²) in [6.07, 6.45) is 14.4. The number of aromatic nitrogens is 1. The second-order valence-corrected chi connectivity index (χ2v) is 7.98. The van der Waals surface area contributed by atoms with Crippen LogP contribution in [0.2, 0.25) is 0 Å². The van der Waals surface area contributed by atoms with E-state index in [1.54, 1.807) is 0 Å². The lowest BCUT2D eigenvalue weighted by Gasteiger charge is -2.21. The smallest absolute Gasteiger partial charge is 0.119 e. The summed E-state index contributed by atoms with van der Waals surface area (Å²) in [5.41, 5.74) is 3.67. The molecule has 0 spiro atoms. The quantitative estimate of drug-likeness (QED) is 0.439. The molecule has 1 unspecified atom stereocenters. The second kappa shape index (κ2) is 10.5. The Morgan fingerprint density at radius 3 is 2.59 bits per heavy atom. The van der Waals surface area contributed by atoms with Crippen LogP contribution in [0.25, 0.3) is 11.3 Å². The Hall–Kier alpha value is -1.83. The topological polar surface area (TPSA) is 22.1 Å². The predicted octanol–water partition coefficient (Wildman–Crippen LogP) is 7.21. The average Bonchev–Trinajstić information content (AvgIpc) is 2.73. The van der Waals surface area contributed by atoms with E-state index < -0.39 is 0 Å². The highest BCUT2D eigenvalue weighted by molar-refractivity contribution is 5.64. The Kier molecular flexibility index (Phi) is 7.74. The fraction of sp³-hybridized carbons (Fsp3) is 0.520. The van der Waals surface area contributed by atoms with Gasteiger partial charge in [-0.25, -0.2) is 0 Å². The first-order valence-electron chi connectivity index (χ1n) is 10.8. The molecular weight excluding hydrogens is 330 g/mol. The second-order valence-electron chi connectivity index (χ2n) is 7.98. The van der Waals surface area contributed by atoms with Crippen LogP contribution in [-0.2, 0) is 0 Å². The maximum Gasteiger partial charge on any atom is 0.119 e. The fourth-order valence-corrected chi connectivity index (χ4v) is 4.00.